The Morgan fingerprint density at radius 2 is 2.00 bits per heavy atom. The minimum absolute atomic E-state index is 0.484. The van der Waals surface area contributed by atoms with E-state index < -0.39 is 0 Å². The fraction of sp³-hybridized carbons (Fsp3) is 0.588. The molecular formula is C17H26N2S. The standard InChI is InChI=1S/C17H26N2S/c1-12(2)14-6-8-19(9-7-14)11-16-5-4-15(17(18)20)10-13(16)3/h4-5,10,12,14H,6-9,11H2,1-3H3,(H2,18,20). The molecule has 0 spiro atoms. The number of rotatable bonds is 4. The third-order valence-electron chi connectivity index (χ3n) is 4.60. The second kappa shape index (κ2) is 6.68. The summed E-state index contributed by atoms with van der Waals surface area (Å²) < 4.78 is 0. The highest BCUT2D eigenvalue weighted by Gasteiger charge is 2.21. The molecule has 20 heavy (non-hydrogen) atoms. The Morgan fingerprint density at radius 3 is 2.50 bits per heavy atom. The molecule has 0 saturated carbocycles. The van der Waals surface area contributed by atoms with E-state index in [9.17, 15) is 0 Å². The van der Waals surface area contributed by atoms with Crippen LogP contribution in [0.3, 0.4) is 0 Å². The highest BCUT2D eigenvalue weighted by atomic mass is 32.1. The molecule has 0 atom stereocenters. The van der Waals surface area contributed by atoms with Gasteiger partial charge in [0.05, 0.1) is 0 Å². The SMILES string of the molecule is Cc1cc(C(N)=S)ccc1CN1CCC(C(C)C)CC1. The van der Waals surface area contributed by atoms with Crippen LogP contribution in [0.4, 0.5) is 0 Å². The second-order valence-corrected chi connectivity index (χ2v) is 6.80. The molecule has 1 saturated heterocycles. The zero-order valence-electron chi connectivity index (χ0n) is 12.9. The number of nitrogens with zero attached hydrogens (tertiary/aromatic N) is 1. The van der Waals surface area contributed by atoms with Gasteiger partial charge in [-0.1, -0.05) is 38.2 Å². The summed E-state index contributed by atoms with van der Waals surface area (Å²) >= 11 is 5.03. The zero-order chi connectivity index (χ0) is 14.7. The molecule has 2 nitrogen and oxygen atoms in total. The third kappa shape index (κ3) is 3.80. The molecule has 0 bridgehead atoms. The van der Waals surface area contributed by atoms with Gasteiger partial charge in [0.2, 0.25) is 0 Å². The van der Waals surface area contributed by atoms with Crippen molar-refractivity contribution in [3.05, 3.63) is 34.9 Å². The summed E-state index contributed by atoms with van der Waals surface area (Å²) in [6.45, 7) is 10.3. The van der Waals surface area contributed by atoms with Crippen molar-refractivity contribution in [1.82, 2.24) is 4.90 Å². The molecule has 0 aromatic heterocycles. The first kappa shape index (κ1) is 15.5. The van der Waals surface area contributed by atoms with Crippen LogP contribution in [0.1, 0.15) is 43.4 Å². The van der Waals surface area contributed by atoms with E-state index in [1.54, 1.807) is 0 Å². The molecule has 3 heteroatoms. The monoisotopic (exact) mass is 290 g/mol. The van der Waals surface area contributed by atoms with Gasteiger partial charge < -0.3 is 5.73 Å². The molecule has 110 valence electrons. The lowest BCUT2D eigenvalue weighted by molar-refractivity contribution is 0.152. The van der Waals surface area contributed by atoms with E-state index in [2.05, 4.69) is 37.8 Å². The van der Waals surface area contributed by atoms with Crippen molar-refractivity contribution < 1.29 is 0 Å². The van der Waals surface area contributed by atoms with Crippen molar-refractivity contribution in [2.75, 3.05) is 13.1 Å². The van der Waals surface area contributed by atoms with Crippen LogP contribution in [0.25, 0.3) is 0 Å². The topological polar surface area (TPSA) is 29.3 Å². The Labute approximate surface area is 128 Å². The van der Waals surface area contributed by atoms with E-state index in [1.807, 2.05) is 6.07 Å². The Balaban J connectivity index is 1.96. The number of hydrogen-bond donors (Lipinski definition) is 1. The summed E-state index contributed by atoms with van der Waals surface area (Å²) in [5.41, 5.74) is 9.34. The first-order chi connectivity index (χ1) is 9.47. The van der Waals surface area contributed by atoms with Crippen LogP contribution in [-0.2, 0) is 6.54 Å². The molecule has 2 N–H and O–H groups in total. The lowest BCUT2D eigenvalue weighted by Crippen LogP contribution is -2.34. The van der Waals surface area contributed by atoms with Crippen LogP contribution in [0, 0.1) is 18.8 Å². The molecule has 0 radical (unpaired) electrons. The lowest BCUT2D eigenvalue weighted by Gasteiger charge is -2.34. The highest BCUT2D eigenvalue weighted by Crippen LogP contribution is 2.25. The van der Waals surface area contributed by atoms with Crippen LogP contribution in [-0.4, -0.2) is 23.0 Å². The van der Waals surface area contributed by atoms with Gasteiger partial charge in [-0.2, -0.15) is 0 Å². The first-order valence-corrected chi connectivity index (χ1v) is 8.00. The van der Waals surface area contributed by atoms with Gasteiger partial charge in [0.1, 0.15) is 4.99 Å². The number of aryl methyl sites for hydroxylation is 1. The first-order valence-electron chi connectivity index (χ1n) is 7.59. The Kier molecular flexibility index (Phi) is 5.17. The minimum Gasteiger partial charge on any atom is -0.389 e. The maximum Gasteiger partial charge on any atom is 0.103 e. The average molecular weight is 290 g/mol. The summed E-state index contributed by atoms with van der Waals surface area (Å²) in [7, 11) is 0. The minimum atomic E-state index is 0.484. The fourth-order valence-electron chi connectivity index (χ4n) is 3.05. The predicted octanol–water partition coefficient (Wildman–Crippen LogP) is 3.50. The number of piperidine rings is 1. The molecule has 0 amide bonds. The van der Waals surface area contributed by atoms with Gasteiger partial charge in [0, 0.05) is 12.1 Å². The van der Waals surface area contributed by atoms with E-state index in [1.165, 1.54) is 37.1 Å². The van der Waals surface area contributed by atoms with Crippen molar-refractivity contribution in [2.24, 2.45) is 17.6 Å². The smallest absolute Gasteiger partial charge is 0.103 e. The van der Waals surface area contributed by atoms with E-state index in [-0.39, 0.29) is 0 Å². The average Bonchev–Trinajstić information content (AvgIpc) is 2.41. The number of nitrogens with two attached hydrogens (primary N) is 1. The van der Waals surface area contributed by atoms with Crippen LogP contribution in [0.15, 0.2) is 18.2 Å². The van der Waals surface area contributed by atoms with Gasteiger partial charge in [-0.3, -0.25) is 4.90 Å². The Hall–Kier alpha value is -0.930. The summed E-state index contributed by atoms with van der Waals surface area (Å²) in [6, 6.07) is 6.34. The summed E-state index contributed by atoms with van der Waals surface area (Å²) in [5, 5.41) is 0. The van der Waals surface area contributed by atoms with Gasteiger partial charge in [0.25, 0.3) is 0 Å². The van der Waals surface area contributed by atoms with Gasteiger partial charge >= 0.3 is 0 Å². The molecule has 1 fully saturated rings. The van der Waals surface area contributed by atoms with Crippen LogP contribution in [0.5, 0.6) is 0 Å². The molecule has 1 aromatic rings. The number of likely N-dealkylation sites (tertiary alicyclic amines) is 1. The quantitative estimate of drug-likeness (QED) is 0.861. The van der Waals surface area contributed by atoms with E-state index in [4.69, 9.17) is 18.0 Å². The van der Waals surface area contributed by atoms with Crippen LogP contribution in [0.2, 0.25) is 0 Å². The molecular weight excluding hydrogens is 264 g/mol. The van der Waals surface area contributed by atoms with E-state index in [0.29, 0.717) is 4.99 Å². The number of benzene rings is 1. The molecule has 1 aliphatic rings. The Morgan fingerprint density at radius 1 is 1.35 bits per heavy atom. The third-order valence-corrected chi connectivity index (χ3v) is 4.83. The fourth-order valence-corrected chi connectivity index (χ4v) is 3.17. The zero-order valence-corrected chi connectivity index (χ0v) is 13.7. The van der Waals surface area contributed by atoms with Gasteiger partial charge in [-0.25, -0.2) is 0 Å². The van der Waals surface area contributed by atoms with Crippen LogP contribution >= 0.6 is 12.2 Å². The predicted molar refractivity (Wildman–Crippen MR) is 89.9 cm³/mol. The normalized spacial score (nSPS) is 17.6. The molecule has 1 heterocycles. The van der Waals surface area contributed by atoms with Crippen molar-refractivity contribution in [3.8, 4) is 0 Å². The molecule has 0 unspecified atom stereocenters. The van der Waals surface area contributed by atoms with Crippen molar-refractivity contribution in [1.29, 1.82) is 0 Å². The van der Waals surface area contributed by atoms with E-state index >= 15 is 0 Å². The molecule has 0 aliphatic carbocycles. The number of thiocarbonyl (C=S) groups is 1. The van der Waals surface area contributed by atoms with Gasteiger partial charge in [-0.05, 0) is 61.9 Å². The van der Waals surface area contributed by atoms with Gasteiger partial charge in [-0.15, -0.1) is 0 Å². The second-order valence-electron chi connectivity index (χ2n) is 6.36. The highest BCUT2D eigenvalue weighted by molar-refractivity contribution is 7.80. The Bertz CT molecular complexity index is 474. The number of hydrogen-bond acceptors (Lipinski definition) is 2. The molecule has 1 aromatic carbocycles. The van der Waals surface area contributed by atoms with Crippen molar-refractivity contribution >= 4 is 17.2 Å². The molecule has 1 aliphatic heterocycles. The van der Waals surface area contributed by atoms with Crippen molar-refractivity contribution in [2.45, 2.75) is 40.2 Å². The summed E-state index contributed by atoms with van der Waals surface area (Å²) in [6.07, 6.45) is 2.67. The lowest BCUT2D eigenvalue weighted by atomic mass is 9.86. The van der Waals surface area contributed by atoms with Gasteiger partial charge in [0.15, 0.2) is 0 Å². The molecule has 2 rings (SSSR count). The largest absolute Gasteiger partial charge is 0.389 e. The summed E-state index contributed by atoms with van der Waals surface area (Å²) in [4.78, 5) is 3.05. The van der Waals surface area contributed by atoms with Crippen molar-refractivity contribution in [3.63, 3.8) is 0 Å². The maximum absolute atomic E-state index is 5.68. The summed E-state index contributed by atoms with van der Waals surface area (Å²) in [5.74, 6) is 1.73. The van der Waals surface area contributed by atoms with Crippen LogP contribution < -0.4 is 5.73 Å². The van der Waals surface area contributed by atoms with E-state index in [0.717, 1.165) is 23.9 Å². The maximum atomic E-state index is 5.68.